The van der Waals surface area contributed by atoms with Gasteiger partial charge in [0.25, 0.3) is 0 Å². The average Bonchev–Trinajstić information content (AvgIpc) is 3.15. The van der Waals surface area contributed by atoms with Crippen molar-refractivity contribution in [3.8, 4) is 11.1 Å². The number of aryl methyl sites for hydroxylation is 1. The monoisotopic (exact) mass is 440 g/mol. The minimum atomic E-state index is -0.977. The van der Waals surface area contributed by atoms with Crippen molar-refractivity contribution in [1.29, 1.82) is 0 Å². The summed E-state index contributed by atoms with van der Waals surface area (Å²) in [6, 6.07) is 23.7. The number of carbonyl (C=O) groups is 2. The van der Waals surface area contributed by atoms with Crippen molar-refractivity contribution in [3.63, 3.8) is 0 Å². The van der Waals surface area contributed by atoms with Crippen LogP contribution in [0.1, 0.15) is 38.9 Å². The van der Waals surface area contributed by atoms with Gasteiger partial charge in [-0.3, -0.25) is 9.36 Å². The topological polar surface area (TPSA) is 81.3 Å². The molecule has 0 aliphatic carbocycles. The molecule has 0 amide bonds. The molecule has 0 saturated heterocycles. The third-order valence-electron chi connectivity index (χ3n) is 5.65. The Labute approximate surface area is 191 Å². The molecule has 33 heavy (non-hydrogen) atoms. The van der Waals surface area contributed by atoms with E-state index in [0.717, 1.165) is 22.4 Å². The van der Waals surface area contributed by atoms with Gasteiger partial charge in [0.15, 0.2) is 0 Å². The van der Waals surface area contributed by atoms with Crippen LogP contribution in [0.15, 0.2) is 89.9 Å². The van der Waals surface area contributed by atoms with Crippen molar-refractivity contribution in [1.82, 2.24) is 9.13 Å². The van der Waals surface area contributed by atoms with Crippen molar-refractivity contribution in [2.45, 2.75) is 26.3 Å². The van der Waals surface area contributed by atoms with Gasteiger partial charge in [-0.15, -0.1) is 0 Å². The lowest BCUT2D eigenvalue weighted by Crippen LogP contribution is -2.30. The first-order valence-electron chi connectivity index (χ1n) is 10.8. The summed E-state index contributed by atoms with van der Waals surface area (Å²) < 4.78 is 2.81. The highest BCUT2D eigenvalue weighted by Crippen LogP contribution is 2.24. The number of imidazole rings is 1. The highest BCUT2D eigenvalue weighted by molar-refractivity contribution is 5.96. The summed E-state index contributed by atoms with van der Waals surface area (Å²) in [5.41, 5.74) is 3.84. The maximum Gasteiger partial charge on any atom is 0.336 e. The summed E-state index contributed by atoms with van der Waals surface area (Å²) in [5.74, 6) is -1.24. The third kappa shape index (κ3) is 4.70. The highest BCUT2D eigenvalue weighted by Gasteiger charge is 2.16. The molecule has 0 bridgehead atoms. The van der Waals surface area contributed by atoms with E-state index in [9.17, 15) is 19.5 Å². The number of carbonyl (C=O) groups excluding carboxylic acids is 1. The second-order valence-corrected chi connectivity index (χ2v) is 7.82. The molecule has 1 heterocycles. The average molecular weight is 440 g/mol. The van der Waals surface area contributed by atoms with Crippen molar-refractivity contribution in [3.05, 3.63) is 118 Å². The first-order valence-corrected chi connectivity index (χ1v) is 10.8. The SMILES string of the molecule is CCc1cn(C(=O)Cc2ccccc2)c(=O)n1Cc1ccc(-c2ccccc2C(=O)O)cc1. The molecule has 6 nitrogen and oxygen atoms in total. The third-order valence-corrected chi connectivity index (χ3v) is 5.65. The second-order valence-electron chi connectivity index (χ2n) is 7.82. The number of aromatic nitrogens is 2. The molecule has 4 rings (SSSR count). The minimum Gasteiger partial charge on any atom is -0.478 e. The summed E-state index contributed by atoms with van der Waals surface area (Å²) >= 11 is 0. The van der Waals surface area contributed by atoms with Crippen LogP contribution in [0.4, 0.5) is 0 Å². The number of aromatic carboxylic acids is 1. The Morgan fingerprint density at radius 1 is 0.848 bits per heavy atom. The fourth-order valence-corrected chi connectivity index (χ4v) is 3.91. The number of carboxylic acid groups (broad SMARTS) is 1. The van der Waals surface area contributed by atoms with E-state index >= 15 is 0 Å². The molecular weight excluding hydrogens is 416 g/mol. The Morgan fingerprint density at radius 3 is 2.18 bits per heavy atom. The maximum atomic E-state index is 13.0. The highest BCUT2D eigenvalue weighted by atomic mass is 16.4. The van der Waals surface area contributed by atoms with Gasteiger partial charge in [0, 0.05) is 11.9 Å². The van der Waals surface area contributed by atoms with Crippen LogP contribution in [-0.2, 0) is 19.4 Å². The van der Waals surface area contributed by atoms with Gasteiger partial charge in [-0.25, -0.2) is 14.2 Å². The Balaban J connectivity index is 1.59. The second kappa shape index (κ2) is 9.53. The van der Waals surface area contributed by atoms with Crippen LogP contribution >= 0.6 is 0 Å². The number of hydrogen-bond acceptors (Lipinski definition) is 3. The minimum absolute atomic E-state index is 0.158. The zero-order chi connectivity index (χ0) is 23.4. The summed E-state index contributed by atoms with van der Waals surface area (Å²) in [5, 5.41) is 9.44. The van der Waals surface area contributed by atoms with Crippen LogP contribution in [0.5, 0.6) is 0 Å². The normalized spacial score (nSPS) is 10.8. The molecule has 1 aromatic heterocycles. The summed E-state index contributed by atoms with van der Waals surface area (Å²) in [7, 11) is 0. The predicted molar refractivity (Wildman–Crippen MR) is 127 cm³/mol. The molecule has 1 N–H and O–H groups in total. The lowest BCUT2D eigenvalue weighted by atomic mass is 9.99. The fraction of sp³-hybridized carbons (Fsp3) is 0.148. The number of nitrogens with zero attached hydrogens (tertiary/aromatic N) is 2. The van der Waals surface area contributed by atoms with E-state index in [2.05, 4.69) is 0 Å². The Bertz CT molecular complexity index is 1350. The molecule has 0 atom stereocenters. The van der Waals surface area contributed by atoms with Crippen LogP contribution < -0.4 is 5.69 Å². The van der Waals surface area contributed by atoms with E-state index in [-0.39, 0.29) is 23.6 Å². The summed E-state index contributed by atoms with van der Waals surface area (Å²) in [6.07, 6.45) is 2.40. The molecule has 0 radical (unpaired) electrons. The molecule has 6 heteroatoms. The van der Waals surface area contributed by atoms with Gasteiger partial charge in [-0.1, -0.05) is 79.7 Å². The molecule has 3 aromatic carbocycles. The van der Waals surface area contributed by atoms with Gasteiger partial charge in [-0.2, -0.15) is 0 Å². The van der Waals surface area contributed by atoms with E-state index in [1.807, 2.05) is 61.5 Å². The number of rotatable bonds is 7. The van der Waals surface area contributed by atoms with Crippen LogP contribution in [0.2, 0.25) is 0 Å². The largest absolute Gasteiger partial charge is 0.478 e. The van der Waals surface area contributed by atoms with E-state index in [4.69, 9.17) is 0 Å². The van der Waals surface area contributed by atoms with Gasteiger partial charge in [0.2, 0.25) is 5.91 Å². The van der Waals surface area contributed by atoms with Crippen LogP contribution in [0.25, 0.3) is 11.1 Å². The van der Waals surface area contributed by atoms with E-state index in [1.54, 1.807) is 35.0 Å². The smallest absolute Gasteiger partial charge is 0.336 e. The molecule has 0 aliphatic heterocycles. The molecule has 0 unspecified atom stereocenters. The number of hydrogen-bond donors (Lipinski definition) is 1. The zero-order valence-corrected chi connectivity index (χ0v) is 18.3. The predicted octanol–water partition coefficient (Wildman–Crippen LogP) is 4.51. The molecule has 4 aromatic rings. The number of benzene rings is 3. The van der Waals surface area contributed by atoms with E-state index in [1.165, 1.54) is 4.57 Å². The van der Waals surface area contributed by atoms with Gasteiger partial charge >= 0.3 is 11.7 Å². The lowest BCUT2D eigenvalue weighted by molar-refractivity contribution is 0.0697. The molecular formula is C27H24N2O4. The van der Waals surface area contributed by atoms with Crippen LogP contribution in [0, 0.1) is 0 Å². The molecule has 166 valence electrons. The van der Waals surface area contributed by atoms with Crippen molar-refractivity contribution in [2.24, 2.45) is 0 Å². The molecule has 0 aliphatic rings. The van der Waals surface area contributed by atoms with Crippen molar-refractivity contribution >= 4 is 11.9 Å². The Morgan fingerprint density at radius 2 is 1.52 bits per heavy atom. The summed E-state index contributed by atoms with van der Waals surface area (Å²) in [4.78, 5) is 37.3. The van der Waals surface area contributed by atoms with Crippen LogP contribution in [0.3, 0.4) is 0 Å². The Hall–Kier alpha value is -4.19. The van der Waals surface area contributed by atoms with Gasteiger partial charge in [0.1, 0.15) is 0 Å². The van der Waals surface area contributed by atoms with Gasteiger partial charge in [0.05, 0.1) is 18.5 Å². The van der Waals surface area contributed by atoms with Crippen molar-refractivity contribution < 1.29 is 14.7 Å². The Kier molecular flexibility index (Phi) is 6.36. The quantitative estimate of drug-likeness (QED) is 0.459. The first-order chi connectivity index (χ1) is 16.0. The molecule has 0 saturated carbocycles. The van der Waals surface area contributed by atoms with E-state index < -0.39 is 5.97 Å². The maximum absolute atomic E-state index is 13.0. The first kappa shape index (κ1) is 22.0. The van der Waals surface area contributed by atoms with Crippen LogP contribution in [-0.4, -0.2) is 26.1 Å². The van der Waals surface area contributed by atoms with Gasteiger partial charge < -0.3 is 5.11 Å². The standard InChI is InChI=1S/C27H24N2O4/c1-2-22-18-29(25(30)16-19-8-4-3-5-9-19)27(33)28(22)17-20-12-14-21(15-13-20)23-10-6-7-11-24(23)26(31)32/h3-15,18H,2,16-17H2,1H3,(H,31,32). The fourth-order valence-electron chi connectivity index (χ4n) is 3.91. The summed E-state index contributed by atoms with van der Waals surface area (Å²) in [6.45, 7) is 2.28. The molecule has 0 spiro atoms. The zero-order valence-electron chi connectivity index (χ0n) is 18.3. The van der Waals surface area contributed by atoms with E-state index in [0.29, 0.717) is 18.5 Å². The number of carboxylic acids is 1. The van der Waals surface area contributed by atoms with Crippen molar-refractivity contribution in [2.75, 3.05) is 0 Å². The molecule has 0 fully saturated rings. The lowest BCUT2D eigenvalue weighted by Gasteiger charge is -2.09. The van der Waals surface area contributed by atoms with Gasteiger partial charge in [-0.05, 0) is 34.7 Å².